The Morgan fingerprint density at radius 1 is 1.29 bits per heavy atom. The Balaban J connectivity index is 1.85. The molecule has 1 aliphatic heterocycles. The number of nitrogens with one attached hydrogen (secondary N) is 2. The van der Waals surface area contributed by atoms with E-state index in [0.717, 1.165) is 18.5 Å². The van der Waals surface area contributed by atoms with Crippen molar-refractivity contribution in [2.75, 3.05) is 19.6 Å². The van der Waals surface area contributed by atoms with E-state index in [4.69, 9.17) is 5.73 Å². The Bertz CT molecular complexity index is 736. The molecular formula is C18H22N4O2. The Hall–Kier alpha value is -2.60. The molecule has 0 spiro atoms. The molecule has 1 saturated heterocycles. The molecule has 0 aliphatic carbocycles. The first-order valence-corrected chi connectivity index (χ1v) is 8.19. The normalized spacial score (nSPS) is 17.7. The van der Waals surface area contributed by atoms with Crippen LogP contribution < -0.4 is 11.1 Å². The summed E-state index contributed by atoms with van der Waals surface area (Å²) < 4.78 is 0. The largest absolute Gasteiger partial charge is 0.366 e. The van der Waals surface area contributed by atoms with Gasteiger partial charge in [0.05, 0.1) is 11.6 Å². The van der Waals surface area contributed by atoms with Crippen molar-refractivity contribution in [3.8, 4) is 0 Å². The van der Waals surface area contributed by atoms with Crippen LogP contribution in [0.2, 0.25) is 0 Å². The van der Waals surface area contributed by atoms with E-state index in [-0.39, 0.29) is 11.9 Å². The summed E-state index contributed by atoms with van der Waals surface area (Å²) in [5, 5.41) is 3.34. The number of nitrogens with two attached hydrogens (primary N) is 1. The zero-order valence-corrected chi connectivity index (χ0v) is 13.7. The summed E-state index contributed by atoms with van der Waals surface area (Å²) in [6, 6.07) is 9.86. The SMILES string of the molecule is CCc1ccc(C2CNCCN2C(=O)c2cc(C(N)=O)c[nH]2)cc1. The van der Waals surface area contributed by atoms with Gasteiger partial charge in [0.2, 0.25) is 5.91 Å². The summed E-state index contributed by atoms with van der Waals surface area (Å²) in [7, 11) is 0. The Kier molecular flexibility index (Phi) is 4.66. The van der Waals surface area contributed by atoms with E-state index < -0.39 is 5.91 Å². The van der Waals surface area contributed by atoms with Crippen molar-refractivity contribution in [2.45, 2.75) is 19.4 Å². The van der Waals surface area contributed by atoms with Crippen LogP contribution in [0.4, 0.5) is 0 Å². The fourth-order valence-electron chi connectivity index (χ4n) is 3.04. The Morgan fingerprint density at radius 2 is 2.04 bits per heavy atom. The first kappa shape index (κ1) is 16.3. The van der Waals surface area contributed by atoms with E-state index in [0.29, 0.717) is 24.3 Å². The van der Waals surface area contributed by atoms with E-state index >= 15 is 0 Å². The van der Waals surface area contributed by atoms with Crippen LogP contribution in [0.1, 0.15) is 44.9 Å². The Morgan fingerprint density at radius 3 is 2.67 bits per heavy atom. The number of aryl methyl sites for hydroxylation is 1. The minimum atomic E-state index is -0.544. The van der Waals surface area contributed by atoms with Gasteiger partial charge in [-0.05, 0) is 23.6 Å². The minimum absolute atomic E-state index is 0.0301. The van der Waals surface area contributed by atoms with Gasteiger partial charge in [0, 0.05) is 25.8 Å². The number of benzene rings is 1. The number of H-pyrrole nitrogens is 1. The van der Waals surface area contributed by atoms with Crippen molar-refractivity contribution in [1.29, 1.82) is 0 Å². The van der Waals surface area contributed by atoms with Crippen LogP contribution in [0, 0.1) is 0 Å². The maximum atomic E-state index is 12.9. The second-order valence-corrected chi connectivity index (χ2v) is 5.98. The number of amides is 2. The van der Waals surface area contributed by atoms with Crippen LogP contribution >= 0.6 is 0 Å². The number of piperazine rings is 1. The third-order valence-corrected chi connectivity index (χ3v) is 4.47. The molecule has 1 fully saturated rings. The lowest BCUT2D eigenvalue weighted by Gasteiger charge is -2.36. The monoisotopic (exact) mass is 326 g/mol. The first-order valence-electron chi connectivity index (χ1n) is 8.19. The third-order valence-electron chi connectivity index (χ3n) is 4.47. The molecule has 4 N–H and O–H groups in total. The maximum Gasteiger partial charge on any atom is 0.270 e. The van der Waals surface area contributed by atoms with Crippen LogP contribution in [0.3, 0.4) is 0 Å². The van der Waals surface area contributed by atoms with Gasteiger partial charge in [0.1, 0.15) is 5.69 Å². The van der Waals surface area contributed by atoms with E-state index in [1.807, 2.05) is 4.90 Å². The second-order valence-electron chi connectivity index (χ2n) is 5.98. The molecule has 126 valence electrons. The predicted molar refractivity (Wildman–Crippen MR) is 91.8 cm³/mol. The summed E-state index contributed by atoms with van der Waals surface area (Å²) in [5.74, 6) is -0.661. The number of rotatable bonds is 4. The summed E-state index contributed by atoms with van der Waals surface area (Å²) in [5.41, 5.74) is 8.34. The summed E-state index contributed by atoms with van der Waals surface area (Å²) in [4.78, 5) is 28.8. The highest BCUT2D eigenvalue weighted by Crippen LogP contribution is 2.24. The third kappa shape index (κ3) is 3.19. The molecule has 1 aliphatic rings. The van der Waals surface area contributed by atoms with E-state index in [1.165, 1.54) is 17.8 Å². The highest BCUT2D eigenvalue weighted by atomic mass is 16.2. The molecule has 0 radical (unpaired) electrons. The van der Waals surface area contributed by atoms with Gasteiger partial charge in [-0.25, -0.2) is 0 Å². The van der Waals surface area contributed by atoms with Gasteiger partial charge in [0.25, 0.3) is 5.91 Å². The Labute approximate surface area is 141 Å². The smallest absolute Gasteiger partial charge is 0.270 e. The number of aromatic nitrogens is 1. The number of hydrogen-bond donors (Lipinski definition) is 3. The minimum Gasteiger partial charge on any atom is -0.366 e. The van der Waals surface area contributed by atoms with Crippen LogP contribution in [-0.4, -0.2) is 41.3 Å². The molecule has 1 aromatic heterocycles. The topological polar surface area (TPSA) is 91.2 Å². The first-order chi connectivity index (χ1) is 11.6. The standard InChI is InChI=1S/C18H22N4O2/c1-2-12-3-5-13(6-4-12)16-11-20-7-8-22(16)18(24)15-9-14(10-21-15)17(19)23/h3-6,9-10,16,20-21H,2,7-8,11H2,1H3,(H2,19,23). The molecule has 3 rings (SSSR count). The van der Waals surface area contributed by atoms with Crippen LogP contribution in [0.5, 0.6) is 0 Å². The van der Waals surface area contributed by atoms with Crippen molar-refractivity contribution >= 4 is 11.8 Å². The molecule has 0 saturated carbocycles. The summed E-state index contributed by atoms with van der Waals surface area (Å²) >= 11 is 0. The van der Waals surface area contributed by atoms with E-state index in [9.17, 15) is 9.59 Å². The van der Waals surface area contributed by atoms with Crippen molar-refractivity contribution in [3.05, 3.63) is 58.9 Å². The molecule has 1 atom stereocenters. The quantitative estimate of drug-likeness (QED) is 0.794. The number of hydrogen-bond acceptors (Lipinski definition) is 3. The van der Waals surface area contributed by atoms with Gasteiger partial charge in [-0.15, -0.1) is 0 Å². The van der Waals surface area contributed by atoms with Crippen molar-refractivity contribution in [1.82, 2.24) is 15.2 Å². The number of carbonyl (C=O) groups excluding carboxylic acids is 2. The average molecular weight is 326 g/mol. The maximum absolute atomic E-state index is 12.9. The molecule has 2 heterocycles. The molecular weight excluding hydrogens is 304 g/mol. The number of nitrogens with zero attached hydrogens (tertiary/aromatic N) is 1. The lowest BCUT2D eigenvalue weighted by Crippen LogP contribution is -2.48. The molecule has 0 bridgehead atoms. The molecule has 2 aromatic rings. The zero-order valence-electron chi connectivity index (χ0n) is 13.7. The average Bonchev–Trinajstić information content (AvgIpc) is 3.12. The van der Waals surface area contributed by atoms with E-state index in [2.05, 4.69) is 41.5 Å². The fraction of sp³-hybridized carbons (Fsp3) is 0.333. The lowest BCUT2D eigenvalue weighted by molar-refractivity contribution is 0.0629. The van der Waals surface area contributed by atoms with Crippen molar-refractivity contribution in [2.24, 2.45) is 5.73 Å². The highest BCUT2D eigenvalue weighted by Gasteiger charge is 2.29. The summed E-state index contributed by atoms with van der Waals surface area (Å²) in [6.07, 6.45) is 2.47. The van der Waals surface area contributed by atoms with Crippen LogP contribution in [-0.2, 0) is 6.42 Å². The summed E-state index contributed by atoms with van der Waals surface area (Å²) in [6.45, 7) is 4.19. The molecule has 6 nitrogen and oxygen atoms in total. The van der Waals surface area contributed by atoms with Gasteiger partial charge >= 0.3 is 0 Å². The van der Waals surface area contributed by atoms with Gasteiger partial charge in [-0.1, -0.05) is 31.2 Å². The zero-order chi connectivity index (χ0) is 17.1. The number of aromatic amines is 1. The van der Waals surface area contributed by atoms with Crippen LogP contribution in [0.15, 0.2) is 36.5 Å². The fourth-order valence-corrected chi connectivity index (χ4v) is 3.04. The predicted octanol–water partition coefficient (Wildman–Crippen LogP) is 1.46. The molecule has 2 amide bonds. The number of primary amides is 1. The van der Waals surface area contributed by atoms with Gasteiger partial charge in [-0.3, -0.25) is 9.59 Å². The van der Waals surface area contributed by atoms with Gasteiger partial charge < -0.3 is 20.9 Å². The molecule has 1 unspecified atom stereocenters. The van der Waals surface area contributed by atoms with Gasteiger partial charge in [0.15, 0.2) is 0 Å². The molecule has 1 aromatic carbocycles. The van der Waals surface area contributed by atoms with Crippen LogP contribution in [0.25, 0.3) is 0 Å². The van der Waals surface area contributed by atoms with E-state index in [1.54, 1.807) is 0 Å². The number of carbonyl (C=O) groups is 2. The molecule has 6 heteroatoms. The molecule has 24 heavy (non-hydrogen) atoms. The second kappa shape index (κ2) is 6.88. The lowest BCUT2D eigenvalue weighted by atomic mass is 10.0. The van der Waals surface area contributed by atoms with Gasteiger partial charge in [-0.2, -0.15) is 0 Å². The highest BCUT2D eigenvalue weighted by molar-refractivity contribution is 5.98. The van der Waals surface area contributed by atoms with Crippen molar-refractivity contribution in [3.63, 3.8) is 0 Å². The van der Waals surface area contributed by atoms with Crippen molar-refractivity contribution < 1.29 is 9.59 Å².